The molecule has 0 aliphatic carbocycles. The van der Waals surface area contributed by atoms with Gasteiger partial charge >= 0.3 is 138 Å². The number of rotatable bonds is 3. The van der Waals surface area contributed by atoms with E-state index in [1.165, 1.54) is 13.1 Å². The fourth-order valence-corrected chi connectivity index (χ4v) is 13.6. The number of hydrogen-bond donors (Lipinski definition) is 0. The third-order valence-corrected chi connectivity index (χ3v) is 15.0. The fourth-order valence-electron chi connectivity index (χ4n) is 3.45. The number of benzene rings is 3. The van der Waals surface area contributed by atoms with Crippen LogP contribution in [0.2, 0.25) is 0 Å². The van der Waals surface area contributed by atoms with Crippen molar-refractivity contribution in [3.8, 4) is 0 Å². The van der Waals surface area contributed by atoms with E-state index in [1.54, 1.807) is 0 Å². The predicted octanol–water partition coefficient (Wildman–Crippen LogP) is 2.15. The zero-order valence-corrected chi connectivity index (χ0v) is 14.7. The van der Waals surface area contributed by atoms with Crippen LogP contribution in [0.3, 0.4) is 0 Å². The second kappa shape index (κ2) is 5.65. The van der Waals surface area contributed by atoms with Crippen molar-refractivity contribution in [2.45, 2.75) is 0 Å². The third kappa shape index (κ3) is 2.03. The summed E-state index contributed by atoms with van der Waals surface area (Å²) in [6.07, 6.45) is 0. The summed E-state index contributed by atoms with van der Waals surface area (Å²) in [6, 6.07) is 31.4. The molecule has 1 saturated heterocycles. The molecule has 2 nitrogen and oxygen atoms in total. The van der Waals surface area contributed by atoms with Crippen LogP contribution in [0.1, 0.15) is 0 Å². The molecule has 0 N–H and O–H groups in total. The molecule has 1 aliphatic rings. The van der Waals surface area contributed by atoms with Gasteiger partial charge in [0.15, 0.2) is 0 Å². The number of hydrogen-bond acceptors (Lipinski definition) is 2. The first kappa shape index (κ1) is 14.7. The summed E-state index contributed by atoms with van der Waals surface area (Å²) in [7, 11) is 0. The van der Waals surface area contributed by atoms with E-state index in [9.17, 15) is 0 Å². The zero-order valence-electron chi connectivity index (χ0n) is 12.8. The van der Waals surface area contributed by atoms with E-state index in [0.29, 0.717) is 13.2 Å². The van der Waals surface area contributed by atoms with E-state index in [-0.39, 0.29) is 0 Å². The standard InChI is InChI=1S/C20H19AsO2/c1-4-10-18(11-5-1)21(22-16-17-23-21,19-12-6-2-7-13-19)20-14-8-3-9-15-20/h1-15H,16-17H2. The van der Waals surface area contributed by atoms with Gasteiger partial charge in [-0.25, -0.2) is 0 Å². The minimum absolute atomic E-state index is 0.629. The summed E-state index contributed by atoms with van der Waals surface area (Å²) >= 11 is -4.02. The van der Waals surface area contributed by atoms with Gasteiger partial charge in [-0.2, -0.15) is 0 Å². The first-order chi connectivity index (χ1) is 11.4. The van der Waals surface area contributed by atoms with Gasteiger partial charge in [0, 0.05) is 0 Å². The molecule has 0 atom stereocenters. The Kier molecular flexibility index (Phi) is 3.61. The molecule has 3 aromatic carbocycles. The van der Waals surface area contributed by atoms with Gasteiger partial charge in [-0.1, -0.05) is 0 Å². The van der Waals surface area contributed by atoms with Gasteiger partial charge in [-0.3, -0.25) is 0 Å². The molecule has 0 saturated carbocycles. The molecule has 1 heterocycles. The van der Waals surface area contributed by atoms with Crippen LogP contribution >= 0.6 is 0 Å². The SMILES string of the molecule is c1ccc([As]2(c3ccccc3)(c3ccccc3)OCCO2)cc1. The molecule has 0 radical (unpaired) electrons. The quantitative estimate of drug-likeness (QED) is 0.662. The summed E-state index contributed by atoms with van der Waals surface area (Å²) in [4.78, 5) is 0. The summed E-state index contributed by atoms with van der Waals surface area (Å²) in [5.41, 5.74) is 0. The molecule has 23 heavy (non-hydrogen) atoms. The van der Waals surface area contributed by atoms with E-state index >= 15 is 0 Å². The summed E-state index contributed by atoms with van der Waals surface area (Å²) in [6.45, 7) is 1.26. The Morgan fingerprint density at radius 2 is 0.783 bits per heavy atom. The van der Waals surface area contributed by atoms with Crippen molar-refractivity contribution in [3.05, 3.63) is 91.0 Å². The maximum absolute atomic E-state index is 6.64. The van der Waals surface area contributed by atoms with Crippen molar-refractivity contribution in [1.82, 2.24) is 0 Å². The monoisotopic (exact) mass is 366 g/mol. The molecule has 0 bridgehead atoms. The van der Waals surface area contributed by atoms with Crippen LogP contribution in [0.15, 0.2) is 91.0 Å². The molecule has 116 valence electrons. The summed E-state index contributed by atoms with van der Waals surface area (Å²) in [5.74, 6) is 0. The average Bonchev–Trinajstić information content (AvgIpc) is 3.12. The molecule has 0 aromatic heterocycles. The normalized spacial score (nSPS) is 20.4. The average molecular weight is 366 g/mol. The van der Waals surface area contributed by atoms with Gasteiger partial charge < -0.3 is 0 Å². The van der Waals surface area contributed by atoms with E-state index in [4.69, 9.17) is 7.45 Å². The van der Waals surface area contributed by atoms with E-state index in [1.807, 2.05) is 18.2 Å². The minimum atomic E-state index is -4.02. The molecule has 0 spiro atoms. The van der Waals surface area contributed by atoms with Crippen molar-refractivity contribution >= 4 is 26.2 Å². The van der Waals surface area contributed by atoms with E-state index in [0.717, 1.165) is 0 Å². The van der Waals surface area contributed by atoms with Crippen LogP contribution in [0, 0.1) is 0 Å². The van der Waals surface area contributed by atoms with Crippen molar-refractivity contribution in [2.24, 2.45) is 0 Å². The molecular weight excluding hydrogens is 347 g/mol. The van der Waals surface area contributed by atoms with Crippen molar-refractivity contribution < 1.29 is 7.45 Å². The van der Waals surface area contributed by atoms with Crippen LogP contribution in [0.25, 0.3) is 0 Å². The van der Waals surface area contributed by atoms with Crippen LogP contribution < -0.4 is 13.1 Å². The topological polar surface area (TPSA) is 18.5 Å². The van der Waals surface area contributed by atoms with Crippen LogP contribution in [-0.2, 0) is 7.45 Å². The third-order valence-electron chi connectivity index (χ3n) is 4.43. The second-order valence-electron chi connectivity index (χ2n) is 5.63. The Balaban J connectivity index is 2.12. The Labute approximate surface area is 138 Å². The van der Waals surface area contributed by atoms with Crippen molar-refractivity contribution in [2.75, 3.05) is 13.2 Å². The molecule has 3 aromatic rings. The van der Waals surface area contributed by atoms with Gasteiger partial charge in [0.2, 0.25) is 0 Å². The van der Waals surface area contributed by atoms with Gasteiger partial charge in [0.25, 0.3) is 0 Å². The maximum atomic E-state index is 6.64. The van der Waals surface area contributed by atoms with Crippen molar-refractivity contribution in [3.63, 3.8) is 0 Å². The fraction of sp³-hybridized carbons (Fsp3) is 0.100. The molecule has 0 amide bonds. The zero-order chi connectivity index (χ0) is 15.6. The Hall–Kier alpha value is -1.86. The molecule has 4 rings (SSSR count). The van der Waals surface area contributed by atoms with Gasteiger partial charge in [0.05, 0.1) is 0 Å². The molecule has 3 heteroatoms. The van der Waals surface area contributed by atoms with E-state index in [2.05, 4.69) is 72.8 Å². The Morgan fingerprint density at radius 1 is 0.478 bits per heavy atom. The van der Waals surface area contributed by atoms with Crippen LogP contribution in [0.5, 0.6) is 0 Å². The van der Waals surface area contributed by atoms with E-state index < -0.39 is 13.1 Å². The van der Waals surface area contributed by atoms with Gasteiger partial charge in [-0.05, 0) is 0 Å². The Morgan fingerprint density at radius 3 is 1.09 bits per heavy atom. The second-order valence-corrected chi connectivity index (χ2v) is 14.0. The van der Waals surface area contributed by atoms with Gasteiger partial charge in [-0.15, -0.1) is 0 Å². The summed E-state index contributed by atoms with van der Waals surface area (Å²) < 4.78 is 16.8. The summed E-state index contributed by atoms with van der Waals surface area (Å²) in [5, 5.41) is 0. The molecule has 1 aliphatic heterocycles. The molecule has 0 unspecified atom stereocenters. The molecule has 1 fully saturated rings. The first-order valence-corrected chi connectivity index (χ1v) is 12.2. The first-order valence-electron chi connectivity index (χ1n) is 7.85. The molecular formula is C20H19AsO2. The van der Waals surface area contributed by atoms with Gasteiger partial charge in [0.1, 0.15) is 0 Å². The van der Waals surface area contributed by atoms with Crippen LogP contribution in [0.4, 0.5) is 0 Å². The van der Waals surface area contributed by atoms with Crippen molar-refractivity contribution in [1.29, 1.82) is 0 Å². The Bertz CT molecular complexity index is 678. The predicted molar refractivity (Wildman–Crippen MR) is 95.9 cm³/mol. The van der Waals surface area contributed by atoms with Crippen LogP contribution in [-0.4, -0.2) is 26.3 Å².